The molecule has 0 heterocycles. The SMILES string of the molecule is C.COC(=O)/C(Br)=C(/C)Br.COC(=O)/C(Br)=C(/C)Cc1cccc(C/C(=C(\C)Br)N(c2ccccc2)c2ccccc2)c1.Nc1cccc(N)c1.O=C=O.[2HH]. The Morgan fingerprint density at radius 2 is 1.04 bits per heavy atom. The van der Waals surface area contributed by atoms with Crippen LogP contribution in [0.1, 0.15) is 40.8 Å². The van der Waals surface area contributed by atoms with Crippen molar-refractivity contribution in [3.8, 4) is 0 Å². The van der Waals surface area contributed by atoms with E-state index in [-0.39, 0.29) is 26.9 Å². The van der Waals surface area contributed by atoms with Crippen molar-refractivity contribution < 1.29 is 30.1 Å². The number of rotatable bonds is 9. The quantitative estimate of drug-likeness (QED) is 0.0952. The fourth-order valence-corrected chi connectivity index (χ4v) is 5.39. The molecular formula is C41H47Br4N3O6. The summed E-state index contributed by atoms with van der Waals surface area (Å²) < 4.78 is 11.9. The lowest BCUT2D eigenvalue weighted by molar-refractivity contribution is -0.191. The van der Waals surface area contributed by atoms with Gasteiger partial charge in [0.05, 0.1) is 14.2 Å². The summed E-state index contributed by atoms with van der Waals surface area (Å²) in [5, 5.41) is 0. The predicted octanol–water partition coefficient (Wildman–Crippen LogP) is 11.4. The molecule has 0 radical (unpaired) electrons. The van der Waals surface area contributed by atoms with Crippen LogP contribution in [0.5, 0.6) is 0 Å². The lowest BCUT2D eigenvalue weighted by Crippen LogP contribution is -2.19. The number of halogens is 4. The monoisotopic (exact) mass is 994 g/mol. The van der Waals surface area contributed by atoms with Crippen LogP contribution in [0.2, 0.25) is 0 Å². The van der Waals surface area contributed by atoms with Gasteiger partial charge >= 0.3 is 18.1 Å². The minimum atomic E-state index is -0.371. The Balaban J connectivity index is 0. The normalized spacial score (nSPS) is 11.2. The highest BCUT2D eigenvalue weighted by atomic mass is 79.9. The maximum absolute atomic E-state index is 11.8. The average molecular weight is 998 g/mol. The minimum Gasteiger partial charge on any atom is -0.465 e. The van der Waals surface area contributed by atoms with Crippen LogP contribution in [0.3, 0.4) is 0 Å². The van der Waals surface area contributed by atoms with Gasteiger partial charge in [0.25, 0.3) is 0 Å². The maximum atomic E-state index is 11.8. The van der Waals surface area contributed by atoms with E-state index in [1.807, 2.05) is 25.1 Å². The zero-order chi connectivity index (χ0) is 39.9. The van der Waals surface area contributed by atoms with E-state index < -0.39 is 0 Å². The number of carbonyl (C=O) groups is 2. The first-order chi connectivity index (χ1) is 25.2. The highest BCUT2D eigenvalue weighted by molar-refractivity contribution is 9.14. The van der Waals surface area contributed by atoms with Gasteiger partial charge in [-0.1, -0.05) is 106 Å². The molecule has 0 saturated carbocycles. The van der Waals surface area contributed by atoms with Gasteiger partial charge in [0, 0.05) is 45.3 Å². The fraction of sp³-hybridized carbons (Fsp3) is 0.195. The van der Waals surface area contributed by atoms with Crippen molar-refractivity contribution in [2.75, 3.05) is 30.6 Å². The summed E-state index contributed by atoms with van der Waals surface area (Å²) in [5.74, 6) is -0.727. The first-order valence-corrected chi connectivity index (χ1v) is 18.8. The van der Waals surface area contributed by atoms with E-state index in [4.69, 9.17) is 25.8 Å². The summed E-state index contributed by atoms with van der Waals surface area (Å²) in [6, 6.07) is 36.4. The summed E-state index contributed by atoms with van der Waals surface area (Å²) in [7, 11) is 2.72. The summed E-state index contributed by atoms with van der Waals surface area (Å²) >= 11 is 13.3. The molecule has 4 aromatic carbocycles. The second kappa shape index (κ2) is 27.3. The van der Waals surface area contributed by atoms with Crippen molar-refractivity contribution in [3.05, 3.63) is 150 Å². The Morgan fingerprint density at radius 3 is 1.39 bits per heavy atom. The van der Waals surface area contributed by atoms with E-state index in [1.165, 1.54) is 19.8 Å². The molecule has 290 valence electrons. The van der Waals surface area contributed by atoms with E-state index in [2.05, 4.69) is 153 Å². The third kappa shape index (κ3) is 18.2. The first kappa shape index (κ1) is 49.7. The Morgan fingerprint density at radius 1 is 0.630 bits per heavy atom. The van der Waals surface area contributed by atoms with Crippen molar-refractivity contribution in [1.82, 2.24) is 0 Å². The lowest BCUT2D eigenvalue weighted by atomic mass is 10.0. The van der Waals surface area contributed by atoms with E-state index in [1.54, 1.807) is 25.1 Å². The number of nitrogens with zero attached hydrogens (tertiary/aromatic N) is 1. The van der Waals surface area contributed by atoms with Crippen LogP contribution < -0.4 is 16.4 Å². The molecule has 0 atom stereocenters. The van der Waals surface area contributed by atoms with E-state index in [9.17, 15) is 9.59 Å². The predicted molar refractivity (Wildman–Crippen MR) is 236 cm³/mol. The number of esters is 2. The third-order valence-electron chi connectivity index (χ3n) is 6.85. The van der Waals surface area contributed by atoms with Crippen molar-refractivity contribution in [2.24, 2.45) is 0 Å². The van der Waals surface area contributed by atoms with E-state index in [0.29, 0.717) is 26.8 Å². The van der Waals surface area contributed by atoms with Crippen LogP contribution in [-0.2, 0) is 41.5 Å². The molecule has 54 heavy (non-hydrogen) atoms. The standard InChI is InChI=1S/C28H27Br2NO2.C6H8N2.C5H6Br2O2.CO2.CH4.H2/c1-20(27(30)28(32)33-3)17-22-11-10-12-23(18-22)19-26(21(2)29)31(24-13-6-4-7-14-24)25-15-8-5-9-16-25;7-5-2-1-3-6(8)4-5;1-3(6)4(7)5(8)9-2;2-1-3;;/h4-16,18H,17,19H2,1-3H3;1-4H,7-8H2;1-2H3;;1H4;1H/b26-21-,27-20+;;4-3+;;;/i;;;;;1+1. The summed E-state index contributed by atoms with van der Waals surface area (Å²) in [6.45, 7) is 5.77. The molecule has 0 saturated heterocycles. The Kier molecular flexibility index (Phi) is 25.2. The number of carbonyl (C=O) groups excluding carboxylic acids is 4. The molecule has 0 bridgehead atoms. The van der Waals surface area contributed by atoms with Crippen molar-refractivity contribution in [1.29, 1.82) is 0 Å². The molecule has 0 aliphatic heterocycles. The molecule has 0 spiro atoms. The largest absolute Gasteiger partial charge is 0.465 e. The molecule has 9 nitrogen and oxygen atoms in total. The molecule has 4 aromatic rings. The zero-order valence-electron chi connectivity index (χ0n) is 29.9. The van der Waals surface area contributed by atoms with Crippen LogP contribution in [0.4, 0.5) is 22.7 Å². The second-order valence-electron chi connectivity index (χ2n) is 10.8. The number of allylic oxidation sites excluding steroid dienone is 4. The van der Waals surface area contributed by atoms with E-state index >= 15 is 0 Å². The van der Waals surface area contributed by atoms with Gasteiger partial charge in [0.1, 0.15) is 8.96 Å². The molecule has 13 heteroatoms. The van der Waals surface area contributed by atoms with E-state index in [0.717, 1.165) is 43.6 Å². The topological polar surface area (TPSA) is 142 Å². The van der Waals surface area contributed by atoms with Gasteiger partial charge in [0.15, 0.2) is 0 Å². The second-order valence-corrected chi connectivity index (χ2v) is 14.8. The molecule has 4 N–H and O–H groups in total. The van der Waals surface area contributed by atoms with Gasteiger partial charge < -0.3 is 25.8 Å². The van der Waals surface area contributed by atoms with Crippen molar-refractivity contribution >= 4 is 105 Å². The lowest BCUT2D eigenvalue weighted by Gasteiger charge is -2.29. The number of hydrogen-bond donors (Lipinski definition) is 2. The first-order valence-electron chi connectivity index (χ1n) is 15.7. The minimum absolute atomic E-state index is 0. The van der Waals surface area contributed by atoms with Crippen LogP contribution >= 0.6 is 63.7 Å². The molecular weight excluding hydrogens is 950 g/mol. The molecule has 0 fully saturated rings. The average Bonchev–Trinajstić information content (AvgIpc) is 3.15. The Bertz CT molecular complexity index is 1850. The van der Waals surface area contributed by atoms with Gasteiger partial charge in [-0.25, -0.2) is 9.59 Å². The highest BCUT2D eigenvalue weighted by Gasteiger charge is 2.18. The van der Waals surface area contributed by atoms with Crippen LogP contribution in [0.25, 0.3) is 0 Å². The number of hydrogen-bond acceptors (Lipinski definition) is 9. The number of ether oxygens (including phenoxy) is 2. The molecule has 0 aromatic heterocycles. The van der Waals surface area contributed by atoms with Crippen LogP contribution in [-0.4, -0.2) is 32.3 Å². The number of nitrogen functional groups attached to an aromatic ring is 2. The number of methoxy groups -OCH3 is 2. The van der Waals surface area contributed by atoms with Gasteiger partial charge in [-0.15, -0.1) is 0 Å². The highest BCUT2D eigenvalue weighted by Crippen LogP contribution is 2.34. The number of nitrogens with two attached hydrogens (primary N) is 2. The van der Waals surface area contributed by atoms with Gasteiger partial charge in [-0.2, -0.15) is 9.59 Å². The smallest absolute Gasteiger partial charge is 0.373 e. The summed E-state index contributed by atoms with van der Waals surface area (Å²) in [4.78, 5) is 41.0. The van der Waals surface area contributed by atoms with Crippen LogP contribution in [0.15, 0.2) is 138 Å². The number of benzene rings is 4. The number of para-hydroxylation sites is 2. The fourth-order valence-electron chi connectivity index (χ4n) is 4.45. The number of anilines is 4. The van der Waals surface area contributed by atoms with Gasteiger partial charge in [-0.3, -0.25) is 0 Å². The molecule has 0 amide bonds. The molecule has 4 rings (SSSR count). The van der Waals surface area contributed by atoms with Gasteiger partial charge in [0.2, 0.25) is 0 Å². The molecule has 0 aliphatic carbocycles. The Labute approximate surface area is 353 Å². The van der Waals surface area contributed by atoms with Gasteiger partial charge in [-0.05, 0) is 118 Å². The summed E-state index contributed by atoms with van der Waals surface area (Å²) in [6.07, 6.45) is 1.66. The summed E-state index contributed by atoms with van der Waals surface area (Å²) in [5.41, 5.74) is 18.8. The maximum Gasteiger partial charge on any atom is 0.373 e. The molecule has 0 aliphatic rings. The Hall–Kier alpha value is -4.26. The van der Waals surface area contributed by atoms with Crippen molar-refractivity contribution in [3.63, 3.8) is 0 Å². The van der Waals surface area contributed by atoms with Crippen LogP contribution in [0, 0.1) is 0 Å². The zero-order valence-corrected chi connectivity index (χ0v) is 36.2. The third-order valence-corrected chi connectivity index (χ3v) is 10.2. The van der Waals surface area contributed by atoms with Crippen molar-refractivity contribution in [2.45, 2.75) is 41.0 Å². The molecule has 0 unspecified atom stereocenters.